The maximum atomic E-state index is 13.4. The van der Waals surface area contributed by atoms with E-state index in [0.29, 0.717) is 16.7 Å². The van der Waals surface area contributed by atoms with Gasteiger partial charge in [0, 0.05) is 49.4 Å². The van der Waals surface area contributed by atoms with E-state index in [4.69, 9.17) is 8.83 Å². The zero-order valence-corrected chi connectivity index (χ0v) is 15.6. The lowest BCUT2D eigenvalue weighted by Crippen LogP contribution is -2.43. The molecule has 144 valence electrons. The summed E-state index contributed by atoms with van der Waals surface area (Å²) in [6, 6.07) is 11.6. The molecule has 3 heterocycles. The SMILES string of the molecule is Cl.O=c1oc2cc(N3CCNCC3)ccc2cc1-c1nc2cc(F)ccc2o1. The van der Waals surface area contributed by atoms with E-state index in [2.05, 4.69) is 15.2 Å². The summed E-state index contributed by atoms with van der Waals surface area (Å²) >= 11 is 0. The van der Waals surface area contributed by atoms with Crippen molar-refractivity contribution in [3.63, 3.8) is 0 Å². The van der Waals surface area contributed by atoms with E-state index in [0.717, 1.165) is 37.3 Å². The van der Waals surface area contributed by atoms with Gasteiger partial charge < -0.3 is 19.1 Å². The fraction of sp³-hybridized carbons (Fsp3) is 0.200. The average Bonchev–Trinajstić information content (AvgIpc) is 3.10. The number of hydrogen-bond acceptors (Lipinski definition) is 6. The highest BCUT2D eigenvalue weighted by Gasteiger charge is 2.16. The van der Waals surface area contributed by atoms with Gasteiger partial charge in [0.05, 0.1) is 0 Å². The number of anilines is 1. The molecule has 0 spiro atoms. The Balaban J connectivity index is 0.00000192. The Kier molecular flexibility index (Phi) is 4.78. The van der Waals surface area contributed by atoms with Gasteiger partial charge in [-0.15, -0.1) is 12.4 Å². The minimum Gasteiger partial charge on any atom is -0.436 e. The van der Waals surface area contributed by atoms with Crippen molar-refractivity contribution in [2.75, 3.05) is 31.1 Å². The van der Waals surface area contributed by atoms with Crippen molar-refractivity contribution in [1.82, 2.24) is 10.3 Å². The highest BCUT2D eigenvalue weighted by atomic mass is 35.5. The minimum atomic E-state index is -0.535. The third kappa shape index (κ3) is 3.23. The van der Waals surface area contributed by atoms with Gasteiger partial charge in [-0.25, -0.2) is 14.2 Å². The normalized spacial score (nSPS) is 14.4. The van der Waals surface area contributed by atoms with Crippen LogP contribution in [0, 0.1) is 5.82 Å². The lowest BCUT2D eigenvalue weighted by molar-refractivity contribution is 0.552. The molecule has 28 heavy (non-hydrogen) atoms. The highest BCUT2D eigenvalue weighted by molar-refractivity contribution is 5.85. The van der Waals surface area contributed by atoms with E-state index >= 15 is 0 Å². The summed E-state index contributed by atoms with van der Waals surface area (Å²) in [6.07, 6.45) is 0. The van der Waals surface area contributed by atoms with Crippen LogP contribution >= 0.6 is 12.4 Å². The minimum absolute atomic E-state index is 0. The van der Waals surface area contributed by atoms with E-state index in [1.54, 1.807) is 6.07 Å². The van der Waals surface area contributed by atoms with Crippen LogP contribution in [0.5, 0.6) is 0 Å². The fourth-order valence-electron chi connectivity index (χ4n) is 3.38. The summed E-state index contributed by atoms with van der Waals surface area (Å²) < 4.78 is 24.5. The molecule has 1 fully saturated rings. The summed E-state index contributed by atoms with van der Waals surface area (Å²) in [7, 11) is 0. The Bertz CT molecular complexity index is 1210. The van der Waals surface area contributed by atoms with Crippen LogP contribution in [-0.4, -0.2) is 31.2 Å². The first kappa shape index (κ1) is 18.5. The first-order chi connectivity index (χ1) is 13.2. The first-order valence-electron chi connectivity index (χ1n) is 8.77. The van der Waals surface area contributed by atoms with Crippen molar-refractivity contribution < 1.29 is 13.2 Å². The van der Waals surface area contributed by atoms with Crippen LogP contribution in [0.1, 0.15) is 0 Å². The summed E-state index contributed by atoms with van der Waals surface area (Å²) in [4.78, 5) is 19.0. The Morgan fingerprint density at radius 3 is 2.64 bits per heavy atom. The number of benzene rings is 2. The number of nitrogens with one attached hydrogen (secondary N) is 1. The Morgan fingerprint density at radius 1 is 1.00 bits per heavy atom. The second-order valence-corrected chi connectivity index (χ2v) is 6.54. The van der Waals surface area contributed by atoms with Gasteiger partial charge in [-0.1, -0.05) is 0 Å². The quantitative estimate of drug-likeness (QED) is 0.518. The average molecular weight is 402 g/mol. The molecule has 1 aliphatic heterocycles. The predicted molar refractivity (Wildman–Crippen MR) is 108 cm³/mol. The molecule has 4 aromatic rings. The summed E-state index contributed by atoms with van der Waals surface area (Å²) in [5, 5.41) is 4.09. The van der Waals surface area contributed by atoms with Crippen molar-refractivity contribution in [2.24, 2.45) is 0 Å². The molecule has 8 heteroatoms. The molecule has 5 rings (SSSR count). The fourth-order valence-corrected chi connectivity index (χ4v) is 3.38. The summed E-state index contributed by atoms with van der Waals surface area (Å²) in [5.74, 6) is -0.286. The maximum Gasteiger partial charge on any atom is 0.349 e. The topological polar surface area (TPSA) is 71.5 Å². The zero-order valence-electron chi connectivity index (χ0n) is 14.8. The van der Waals surface area contributed by atoms with Crippen molar-refractivity contribution in [1.29, 1.82) is 0 Å². The molecule has 2 aromatic heterocycles. The van der Waals surface area contributed by atoms with Crippen LogP contribution in [0.4, 0.5) is 10.1 Å². The van der Waals surface area contributed by atoms with Gasteiger partial charge in [0.2, 0.25) is 5.89 Å². The number of nitrogens with zero attached hydrogens (tertiary/aromatic N) is 2. The highest BCUT2D eigenvalue weighted by Crippen LogP contribution is 2.27. The number of piperazine rings is 1. The number of rotatable bonds is 2. The van der Waals surface area contributed by atoms with Crippen LogP contribution in [0.15, 0.2) is 56.1 Å². The molecule has 0 aliphatic carbocycles. The summed E-state index contributed by atoms with van der Waals surface area (Å²) in [6.45, 7) is 3.68. The van der Waals surface area contributed by atoms with Crippen molar-refractivity contribution in [3.8, 4) is 11.5 Å². The number of halogens is 2. The maximum absolute atomic E-state index is 13.4. The molecule has 0 unspecified atom stereocenters. The van der Waals surface area contributed by atoms with Gasteiger partial charge in [0.15, 0.2) is 5.58 Å². The predicted octanol–water partition coefficient (Wildman–Crippen LogP) is 3.57. The van der Waals surface area contributed by atoms with E-state index in [9.17, 15) is 9.18 Å². The van der Waals surface area contributed by atoms with Crippen LogP contribution in [0.2, 0.25) is 0 Å². The van der Waals surface area contributed by atoms with Gasteiger partial charge in [0.25, 0.3) is 0 Å². The first-order valence-corrected chi connectivity index (χ1v) is 8.77. The van der Waals surface area contributed by atoms with Crippen LogP contribution in [0.25, 0.3) is 33.5 Å². The van der Waals surface area contributed by atoms with Crippen molar-refractivity contribution in [3.05, 3.63) is 58.7 Å². The smallest absolute Gasteiger partial charge is 0.349 e. The second-order valence-electron chi connectivity index (χ2n) is 6.54. The van der Waals surface area contributed by atoms with E-state index < -0.39 is 11.4 Å². The van der Waals surface area contributed by atoms with Crippen LogP contribution < -0.4 is 15.8 Å². The third-order valence-corrected chi connectivity index (χ3v) is 4.78. The molecule has 0 radical (unpaired) electrons. The standard InChI is InChI=1S/C20H16FN3O3.ClH/c21-13-2-4-17-16(10-13)23-19(26-17)15-9-12-1-3-14(11-18(12)27-20(15)25)24-7-5-22-6-8-24;/h1-4,9-11,22H,5-8H2;1H. The summed E-state index contributed by atoms with van der Waals surface area (Å²) in [5.41, 5.74) is 2.00. The van der Waals surface area contributed by atoms with Gasteiger partial charge >= 0.3 is 5.63 Å². The molecule has 0 atom stereocenters. The number of hydrogen-bond donors (Lipinski definition) is 1. The number of fused-ring (bicyclic) bond motifs is 2. The Hall–Kier alpha value is -2.90. The van der Waals surface area contributed by atoms with E-state index in [1.807, 2.05) is 18.2 Å². The third-order valence-electron chi connectivity index (χ3n) is 4.78. The van der Waals surface area contributed by atoms with Crippen molar-refractivity contribution in [2.45, 2.75) is 0 Å². The van der Waals surface area contributed by atoms with Gasteiger partial charge in [0.1, 0.15) is 22.5 Å². The van der Waals surface area contributed by atoms with Crippen molar-refractivity contribution >= 4 is 40.2 Å². The number of oxazole rings is 1. The van der Waals surface area contributed by atoms with E-state index in [1.165, 1.54) is 18.2 Å². The monoisotopic (exact) mass is 401 g/mol. The van der Waals surface area contributed by atoms with E-state index in [-0.39, 0.29) is 23.9 Å². The lowest BCUT2D eigenvalue weighted by Gasteiger charge is -2.29. The van der Waals surface area contributed by atoms with Gasteiger partial charge in [-0.05, 0) is 30.3 Å². The van der Waals surface area contributed by atoms with Crippen LogP contribution in [0.3, 0.4) is 0 Å². The number of aromatic nitrogens is 1. The molecule has 6 nitrogen and oxygen atoms in total. The molecule has 1 N–H and O–H groups in total. The zero-order chi connectivity index (χ0) is 18.4. The Morgan fingerprint density at radius 2 is 1.82 bits per heavy atom. The molecule has 0 saturated carbocycles. The lowest BCUT2D eigenvalue weighted by atomic mass is 10.1. The van der Waals surface area contributed by atoms with Gasteiger partial charge in [-0.2, -0.15) is 0 Å². The molecule has 1 saturated heterocycles. The molecule has 1 aliphatic rings. The van der Waals surface area contributed by atoms with Crippen LogP contribution in [-0.2, 0) is 0 Å². The molecular formula is C20H17ClFN3O3. The molecule has 0 amide bonds. The molecule has 2 aromatic carbocycles. The molecular weight excluding hydrogens is 385 g/mol. The molecule has 0 bridgehead atoms. The Labute approximate surface area is 165 Å². The largest absolute Gasteiger partial charge is 0.436 e. The van der Waals surface area contributed by atoms with Gasteiger partial charge in [-0.3, -0.25) is 0 Å². The second kappa shape index (κ2) is 7.26.